The molecule has 0 spiro atoms. The van der Waals surface area contributed by atoms with E-state index >= 15 is 0 Å². The summed E-state index contributed by atoms with van der Waals surface area (Å²) in [6.45, 7) is 1.98. The van der Waals surface area contributed by atoms with Crippen molar-refractivity contribution in [2.45, 2.75) is 32.1 Å². The highest BCUT2D eigenvalue weighted by Gasteiger charge is 2.26. The Balaban J connectivity index is 1.62. The van der Waals surface area contributed by atoms with Gasteiger partial charge in [-0.05, 0) is 62.7 Å². The van der Waals surface area contributed by atoms with Gasteiger partial charge in [0.25, 0.3) is 0 Å². The molecule has 1 fully saturated rings. The van der Waals surface area contributed by atoms with Crippen molar-refractivity contribution in [1.82, 2.24) is 5.32 Å². The average Bonchev–Trinajstić information content (AvgIpc) is 2.53. The number of nitrogens with two attached hydrogens (primary N) is 1. The fourth-order valence-electron chi connectivity index (χ4n) is 3.06. The Morgan fingerprint density at radius 2 is 2.00 bits per heavy atom. The third-order valence-corrected chi connectivity index (χ3v) is 4.44. The molecule has 1 aliphatic rings. The highest BCUT2D eigenvalue weighted by molar-refractivity contribution is 5.72. The van der Waals surface area contributed by atoms with E-state index in [-0.39, 0.29) is 11.9 Å². The van der Waals surface area contributed by atoms with Crippen LogP contribution < -0.4 is 11.1 Å². The van der Waals surface area contributed by atoms with Gasteiger partial charge in [0.2, 0.25) is 0 Å². The first-order valence-electron chi connectivity index (χ1n) is 7.82. The number of nitrogens with one attached hydrogen (secondary N) is 1. The van der Waals surface area contributed by atoms with Crippen molar-refractivity contribution in [3.8, 4) is 0 Å². The lowest BCUT2D eigenvalue weighted by Crippen LogP contribution is -2.30. The topological polar surface area (TPSA) is 64.3 Å². The van der Waals surface area contributed by atoms with Crippen LogP contribution in [0.25, 0.3) is 0 Å². The fraction of sp³-hybridized carbons (Fsp3) is 0.588. The van der Waals surface area contributed by atoms with Crippen LogP contribution >= 0.6 is 0 Å². The smallest absolute Gasteiger partial charge is 0.308 e. The number of carbonyl (C=O) groups is 1. The molecule has 0 heterocycles. The molecular weight excluding hydrogens is 264 g/mol. The lowest BCUT2D eigenvalue weighted by atomic mass is 9.82. The van der Waals surface area contributed by atoms with E-state index < -0.39 is 0 Å². The number of carbonyl (C=O) groups excluding carboxylic acids is 1. The van der Waals surface area contributed by atoms with Gasteiger partial charge in [-0.1, -0.05) is 18.2 Å². The summed E-state index contributed by atoms with van der Waals surface area (Å²) in [6, 6.07) is 8.02. The maximum atomic E-state index is 11.5. The Labute approximate surface area is 127 Å². The first kappa shape index (κ1) is 15.8. The van der Waals surface area contributed by atoms with Crippen LogP contribution in [0.15, 0.2) is 24.3 Å². The van der Waals surface area contributed by atoms with E-state index in [1.54, 1.807) is 0 Å². The number of methoxy groups -OCH3 is 1. The summed E-state index contributed by atoms with van der Waals surface area (Å²) in [5.74, 6) is 0.760. The molecule has 1 saturated carbocycles. The second-order valence-corrected chi connectivity index (χ2v) is 5.89. The van der Waals surface area contributed by atoms with Crippen LogP contribution in [0.5, 0.6) is 0 Å². The number of para-hydroxylation sites is 1. The van der Waals surface area contributed by atoms with E-state index in [2.05, 4.69) is 11.4 Å². The van der Waals surface area contributed by atoms with Gasteiger partial charge in [-0.3, -0.25) is 4.79 Å². The van der Waals surface area contributed by atoms with Gasteiger partial charge < -0.3 is 15.8 Å². The maximum absolute atomic E-state index is 11.5. The highest BCUT2D eigenvalue weighted by Crippen LogP contribution is 2.29. The fourth-order valence-corrected chi connectivity index (χ4v) is 3.06. The predicted octanol–water partition coefficient (Wildman–Crippen LogP) is 2.38. The third kappa shape index (κ3) is 4.74. The number of benzene rings is 1. The van der Waals surface area contributed by atoms with E-state index in [1.165, 1.54) is 12.7 Å². The second kappa shape index (κ2) is 8.03. The summed E-state index contributed by atoms with van der Waals surface area (Å²) < 4.78 is 4.82. The van der Waals surface area contributed by atoms with Gasteiger partial charge in [-0.25, -0.2) is 0 Å². The Kier molecular flexibility index (Phi) is 6.05. The largest absolute Gasteiger partial charge is 0.469 e. The molecule has 3 N–H and O–H groups in total. The number of nitrogen functional groups attached to an aromatic ring is 1. The average molecular weight is 290 g/mol. The quantitative estimate of drug-likeness (QED) is 0.479. The molecule has 4 nitrogen and oxygen atoms in total. The Hall–Kier alpha value is -1.55. The van der Waals surface area contributed by atoms with Crippen LogP contribution in [0.3, 0.4) is 0 Å². The van der Waals surface area contributed by atoms with Crippen molar-refractivity contribution in [2.75, 3.05) is 25.9 Å². The standard InChI is InChI=1S/C17H26N2O2/c1-21-17(20)15-8-6-13(7-9-15)12-19-11-10-14-4-2-3-5-16(14)18/h2-5,13,15,19H,6-12,18H2,1H3. The van der Waals surface area contributed by atoms with E-state index in [0.717, 1.165) is 50.9 Å². The molecule has 1 aromatic rings. The van der Waals surface area contributed by atoms with E-state index in [9.17, 15) is 4.79 Å². The molecule has 0 unspecified atom stereocenters. The zero-order valence-corrected chi connectivity index (χ0v) is 12.8. The molecule has 0 aliphatic heterocycles. The zero-order chi connectivity index (χ0) is 15.1. The first-order chi connectivity index (χ1) is 10.2. The minimum Gasteiger partial charge on any atom is -0.469 e. The summed E-state index contributed by atoms with van der Waals surface area (Å²) in [4.78, 5) is 11.5. The van der Waals surface area contributed by atoms with Gasteiger partial charge in [0.1, 0.15) is 0 Å². The molecular formula is C17H26N2O2. The minimum atomic E-state index is -0.0408. The van der Waals surface area contributed by atoms with Gasteiger partial charge in [-0.15, -0.1) is 0 Å². The maximum Gasteiger partial charge on any atom is 0.308 e. The van der Waals surface area contributed by atoms with E-state index in [4.69, 9.17) is 10.5 Å². The highest BCUT2D eigenvalue weighted by atomic mass is 16.5. The molecule has 21 heavy (non-hydrogen) atoms. The van der Waals surface area contributed by atoms with Crippen molar-refractivity contribution >= 4 is 11.7 Å². The van der Waals surface area contributed by atoms with Crippen LogP contribution in [-0.2, 0) is 16.0 Å². The molecule has 0 amide bonds. The van der Waals surface area contributed by atoms with Crippen LogP contribution in [-0.4, -0.2) is 26.2 Å². The summed E-state index contributed by atoms with van der Waals surface area (Å²) in [6.07, 6.45) is 5.11. The molecule has 0 aromatic heterocycles. The number of hydrogen-bond donors (Lipinski definition) is 2. The molecule has 116 valence electrons. The van der Waals surface area contributed by atoms with Crippen molar-refractivity contribution in [3.05, 3.63) is 29.8 Å². The van der Waals surface area contributed by atoms with Gasteiger partial charge >= 0.3 is 5.97 Å². The lowest BCUT2D eigenvalue weighted by Gasteiger charge is -2.27. The Morgan fingerprint density at radius 1 is 1.29 bits per heavy atom. The van der Waals surface area contributed by atoms with Crippen LogP contribution in [0.4, 0.5) is 5.69 Å². The van der Waals surface area contributed by atoms with Crippen molar-refractivity contribution in [2.24, 2.45) is 11.8 Å². The summed E-state index contributed by atoms with van der Waals surface area (Å²) >= 11 is 0. The van der Waals surface area contributed by atoms with Crippen LogP contribution in [0, 0.1) is 11.8 Å². The second-order valence-electron chi connectivity index (χ2n) is 5.89. The monoisotopic (exact) mass is 290 g/mol. The summed E-state index contributed by atoms with van der Waals surface area (Å²) in [7, 11) is 1.48. The van der Waals surface area contributed by atoms with E-state index in [0.29, 0.717) is 5.92 Å². The predicted molar refractivity (Wildman–Crippen MR) is 84.9 cm³/mol. The molecule has 4 heteroatoms. The molecule has 1 aliphatic carbocycles. The number of anilines is 1. The Morgan fingerprint density at radius 3 is 2.67 bits per heavy atom. The van der Waals surface area contributed by atoms with Gasteiger partial charge in [0.05, 0.1) is 13.0 Å². The molecule has 0 atom stereocenters. The molecule has 1 aromatic carbocycles. The number of rotatable bonds is 6. The van der Waals surface area contributed by atoms with Gasteiger partial charge in [0, 0.05) is 5.69 Å². The lowest BCUT2D eigenvalue weighted by molar-refractivity contribution is -0.146. The molecule has 0 saturated heterocycles. The zero-order valence-electron chi connectivity index (χ0n) is 12.8. The van der Waals surface area contributed by atoms with Crippen molar-refractivity contribution in [1.29, 1.82) is 0 Å². The van der Waals surface area contributed by atoms with Crippen LogP contribution in [0.2, 0.25) is 0 Å². The normalized spacial score (nSPS) is 22.0. The SMILES string of the molecule is COC(=O)C1CCC(CNCCc2ccccc2N)CC1. The summed E-state index contributed by atoms with van der Waals surface area (Å²) in [5.41, 5.74) is 8.01. The number of ether oxygens (including phenoxy) is 1. The minimum absolute atomic E-state index is 0.0408. The Bertz CT molecular complexity index is 454. The van der Waals surface area contributed by atoms with Crippen molar-refractivity contribution < 1.29 is 9.53 Å². The molecule has 2 rings (SSSR count). The van der Waals surface area contributed by atoms with Gasteiger partial charge in [-0.2, -0.15) is 0 Å². The summed E-state index contributed by atoms with van der Waals surface area (Å²) in [5, 5.41) is 3.52. The number of hydrogen-bond acceptors (Lipinski definition) is 4. The first-order valence-corrected chi connectivity index (χ1v) is 7.82. The van der Waals surface area contributed by atoms with Crippen molar-refractivity contribution in [3.63, 3.8) is 0 Å². The molecule has 0 radical (unpaired) electrons. The van der Waals surface area contributed by atoms with E-state index in [1.807, 2.05) is 18.2 Å². The third-order valence-electron chi connectivity index (χ3n) is 4.44. The van der Waals surface area contributed by atoms with Gasteiger partial charge in [0.15, 0.2) is 0 Å². The number of esters is 1. The van der Waals surface area contributed by atoms with Crippen LogP contribution in [0.1, 0.15) is 31.2 Å². The molecule has 0 bridgehead atoms.